The topological polar surface area (TPSA) is 45.7 Å². The maximum atomic E-state index is 8.41. The second-order valence-electron chi connectivity index (χ2n) is 4.35. The number of ether oxygens (including phenoxy) is 1. The van der Waals surface area contributed by atoms with E-state index >= 15 is 0 Å². The van der Waals surface area contributed by atoms with Crippen LogP contribution in [0.5, 0.6) is 0 Å². The molecule has 1 N–H and O–H groups in total. The van der Waals surface area contributed by atoms with E-state index < -0.39 is 0 Å². The summed E-state index contributed by atoms with van der Waals surface area (Å²) in [4.78, 5) is 0. The van der Waals surface area contributed by atoms with Crippen molar-refractivity contribution in [2.45, 2.75) is 20.3 Å². The number of aromatic nitrogens is 1. The first-order valence-electron chi connectivity index (χ1n) is 6.08. The van der Waals surface area contributed by atoms with Crippen LogP contribution in [0.3, 0.4) is 0 Å². The molecule has 98 valence electrons. The van der Waals surface area contributed by atoms with Gasteiger partial charge in [0.1, 0.15) is 0 Å². The molecule has 0 radical (unpaired) electrons. The number of aryl methyl sites for hydroxylation is 1. The Labute approximate surface area is 112 Å². The van der Waals surface area contributed by atoms with Crippen molar-refractivity contribution in [2.24, 2.45) is 5.16 Å². The van der Waals surface area contributed by atoms with E-state index in [1.807, 2.05) is 29.1 Å². The average molecular weight is 257 g/mol. The van der Waals surface area contributed by atoms with Gasteiger partial charge in [0.15, 0.2) is 12.4 Å². The van der Waals surface area contributed by atoms with E-state index in [9.17, 15) is 0 Å². The van der Waals surface area contributed by atoms with E-state index in [2.05, 4.69) is 36.3 Å². The Morgan fingerprint density at radius 3 is 2.47 bits per heavy atom. The Morgan fingerprint density at radius 2 is 1.84 bits per heavy atom. The van der Waals surface area contributed by atoms with Crippen molar-refractivity contribution in [3.8, 4) is 0 Å². The van der Waals surface area contributed by atoms with Gasteiger partial charge in [-0.2, -0.15) is 4.57 Å². The number of hydrogen-bond donors (Lipinski definition) is 1. The van der Waals surface area contributed by atoms with Gasteiger partial charge in [0.05, 0.1) is 12.8 Å². The van der Waals surface area contributed by atoms with E-state index in [1.165, 1.54) is 11.8 Å². The summed E-state index contributed by atoms with van der Waals surface area (Å²) in [5, 5.41) is 11.4. The minimum Gasteiger partial charge on any atom is -0.411 e. The van der Waals surface area contributed by atoms with E-state index in [0.29, 0.717) is 13.3 Å². The molecule has 4 heteroatoms. The molecule has 0 fully saturated rings. The molecule has 0 bridgehead atoms. The molecule has 0 unspecified atom stereocenters. The van der Waals surface area contributed by atoms with Crippen molar-refractivity contribution in [1.29, 1.82) is 0 Å². The molecule has 0 saturated heterocycles. The molecule has 0 aliphatic heterocycles. The monoisotopic (exact) mass is 257 g/mol. The van der Waals surface area contributed by atoms with E-state index in [-0.39, 0.29) is 0 Å². The number of hydrogen-bond acceptors (Lipinski definition) is 3. The van der Waals surface area contributed by atoms with E-state index in [1.54, 1.807) is 0 Å². The van der Waals surface area contributed by atoms with Crippen LogP contribution in [0, 0.1) is 6.92 Å². The number of oxime groups is 1. The molecule has 2 aromatic rings. The summed E-state index contributed by atoms with van der Waals surface area (Å²) < 4.78 is 7.54. The minimum atomic E-state index is 0.491. The molecule has 1 heterocycles. The molecule has 1 aromatic heterocycles. The van der Waals surface area contributed by atoms with Crippen LogP contribution < -0.4 is 4.57 Å². The van der Waals surface area contributed by atoms with Crippen molar-refractivity contribution in [3.05, 3.63) is 65.5 Å². The van der Waals surface area contributed by atoms with Crippen LogP contribution in [0.25, 0.3) is 0 Å². The SMILES string of the molecule is Cc1ccc(COC[n+]2ccc(C=NO)cc2)cc1. The molecule has 0 aliphatic rings. The highest BCUT2D eigenvalue weighted by Gasteiger charge is 2.00. The summed E-state index contributed by atoms with van der Waals surface area (Å²) >= 11 is 0. The normalized spacial score (nSPS) is 11.0. The molecule has 19 heavy (non-hydrogen) atoms. The van der Waals surface area contributed by atoms with E-state index in [4.69, 9.17) is 9.94 Å². The number of rotatable bonds is 5. The van der Waals surface area contributed by atoms with Crippen LogP contribution in [-0.2, 0) is 18.1 Å². The quantitative estimate of drug-likeness (QED) is 0.386. The van der Waals surface area contributed by atoms with Crippen molar-refractivity contribution < 1.29 is 14.5 Å². The van der Waals surface area contributed by atoms with Crippen LogP contribution in [-0.4, -0.2) is 11.4 Å². The lowest BCUT2D eigenvalue weighted by atomic mass is 10.2. The fraction of sp³-hybridized carbons (Fsp3) is 0.200. The van der Waals surface area contributed by atoms with Gasteiger partial charge in [-0.15, -0.1) is 0 Å². The molecule has 0 amide bonds. The average Bonchev–Trinajstić information content (AvgIpc) is 2.43. The highest BCUT2D eigenvalue weighted by Crippen LogP contribution is 2.04. The number of nitrogens with zero attached hydrogens (tertiary/aromatic N) is 2. The van der Waals surface area contributed by atoms with Crippen LogP contribution in [0.15, 0.2) is 53.9 Å². The van der Waals surface area contributed by atoms with Crippen LogP contribution in [0.4, 0.5) is 0 Å². The number of pyridine rings is 1. The van der Waals surface area contributed by atoms with Gasteiger partial charge in [-0.3, -0.25) is 0 Å². The lowest BCUT2D eigenvalue weighted by molar-refractivity contribution is -0.733. The summed E-state index contributed by atoms with van der Waals surface area (Å²) in [6.45, 7) is 3.15. The standard InChI is InChI=1S/C15H16N2O2/c1-13-2-4-15(5-3-13)11-19-12-17-8-6-14(7-9-17)10-16-18/h2-10H,11-12H2,1H3/p+1. The zero-order valence-corrected chi connectivity index (χ0v) is 10.9. The molecule has 0 saturated carbocycles. The lowest BCUT2D eigenvalue weighted by Crippen LogP contribution is -2.34. The second kappa shape index (κ2) is 6.66. The third-order valence-electron chi connectivity index (χ3n) is 2.75. The molecule has 2 rings (SSSR count). The smallest absolute Gasteiger partial charge is 0.252 e. The molecular formula is C15H17N2O2+. The highest BCUT2D eigenvalue weighted by molar-refractivity contribution is 5.78. The Bertz CT molecular complexity index is 533. The van der Waals surface area contributed by atoms with Crippen molar-refractivity contribution in [3.63, 3.8) is 0 Å². The fourth-order valence-electron chi connectivity index (χ4n) is 1.66. The fourth-order valence-corrected chi connectivity index (χ4v) is 1.66. The zero-order valence-electron chi connectivity index (χ0n) is 10.9. The summed E-state index contributed by atoms with van der Waals surface area (Å²) in [5.74, 6) is 0. The summed E-state index contributed by atoms with van der Waals surface area (Å²) in [6.07, 6.45) is 5.15. The Morgan fingerprint density at radius 1 is 1.16 bits per heavy atom. The van der Waals surface area contributed by atoms with Gasteiger partial charge < -0.3 is 9.94 Å². The zero-order chi connectivity index (χ0) is 13.5. The van der Waals surface area contributed by atoms with Gasteiger partial charge >= 0.3 is 0 Å². The van der Waals surface area contributed by atoms with Crippen LogP contribution in [0.1, 0.15) is 16.7 Å². The maximum Gasteiger partial charge on any atom is 0.252 e. The predicted molar refractivity (Wildman–Crippen MR) is 72.0 cm³/mol. The van der Waals surface area contributed by atoms with E-state index in [0.717, 1.165) is 11.1 Å². The third-order valence-corrected chi connectivity index (χ3v) is 2.75. The third kappa shape index (κ3) is 4.19. The Balaban J connectivity index is 1.83. The van der Waals surface area contributed by atoms with Gasteiger partial charge in [0.2, 0.25) is 0 Å². The van der Waals surface area contributed by atoms with Gasteiger partial charge in [-0.05, 0) is 12.5 Å². The summed E-state index contributed by atoms with van der Waals surface area (Å²) in [7, 11) is 0. The summed E-state index contributed by atoms with van der Waals surface area (Å²) in [6, 6.07) is 12.0. The molecule has 4 nitrogen and oxygen atoms in total. The molecule has 0 aliphatic carbocycles. The lowest BCUT2D eigenvalue weighted by Gasteiger charge is -2.02. The second-order valence-corrected chi connectivity index (χ2v) is 4.35. The molecular weight excluding hydrogens is 240 g/mol. The minimum absolute atomic E-state index is 0.491. The molecule has 1 aromatic carbocycles. The first kappa shape index (κ1) is 13.2. The Kier molecular flexibility index (Phi) is 4.64. The first-order valence-corrected chi connectivity index (χ1v) is 6.08. The van der Waals surface area contributed by atoms with Gasteiger partial charge in [-0.1, -0.05) is 35.0 Å². The van der Waals surface area contributed by atoms with Crippen molar-refractivity contribution >= 4 is 6.21 Å². The summed E-state index contributed by atoms with van der Waals surface area (Å²) in [5.41, 5.74) is 3.26. The van der Waals surface area contributed by atoms with Crippen LogP contribution in [0.2, 0.25) is 0 Å². The van der Waals surface area contributed by atoms with Crippen molar-refractivity contribution in [1.82, 2.24) is 0 Å². The maximum absolute atomic E-state index is 8.41. The molecule has 0 spiro atoms. The van der Waals surface area contributed by atoms with Gasteiger partial charge in [-0.25, -0.2) is 0 Å². The van der Waals surface area contributed by atoms with Gasteiger partial charge in [0, 0.05) is 17.7 Å². The van der Waals surface area contributed by atoms with Crippen molar-refractivity contribution in [2.75, 3.05) is 0 Å². The Hall–Kier alpha value is -2.20. The first-order chi connectivity index (χ1) is 9.28. The van der Waals surface area contributed by atoms with Crippen LogP contribution >= 0.6 is 0 Å². The highest BCUT2D eigenvalue weighted by atomic mass is 16.5. The van der Waals surface area contributed by atoms with Gasteiger partial charge in [0.25, 0.3) is 6.73 Å². The molecule has 0 atom stereocenters. The largest absolute Gasteiger partial charge is 0.411 e. The number of benzene rings is 1. The predicted octanol–water partition coefficient (Wildman–Crippen LogP) is 2.26.